The quantitative estimate of drug-likeness (QED) is 0.601. The van der Waals surface area contributed by atoms with Gasteiger partial charge in [-0.05, 0) is 36.6 Å². The molecule has 1 aromatic carbocycles. The molecule has 0 saturated heterocycles. The van der Waals surface area contributed by atoms with E-state index in [0.717, 1.165) is 36.9 Å². The second-order valence-electron chi connectivity index (χ2n) is 6.79. The van der Waals surface area contributed by atoms with Gasteiger partial charge in [0.15, 0.2) is 15.5 Å². The van der Waals surface area contributed by atoms with E-state index >= 15 is 0 Å². The molecule has 140 valence electrons. The van der Waals surface area contributed by atoms with Crippen molar-refractivity contribution in [1.29, 1.82) is 0 Å². The largest absolute Gasteiger partial charge is 0.464 e. The predicted octanol–water partition coefficient (Wildman–Crippen LogP) is 3.64. The van der Waals surface area contributed by atoms with Gasteiger partial charge in [0, 0.05) is 6.26 Å². The molecule has 1 aliphatic carbocycles. The molecular formula is C19H24N2O4S. The van der Waals surface area contributed by atoms with Gasteiger partial charge in [-0.2, -0.15) is 5.10 Å². The SMILES string of the molecule is COC(=O)c1cc(-c2ccc(S(C)(=O)=O)cc2)n(C2CCCCCC2)n1. The molecule has 1 saturated carbocycles. The van der Waals surface area contributed by atoms with Crippen molar-refractivity contribution >= 4 is 15.8 Å². The zero-order chi connectivity index (χ0) is 18.7. The van der Waals surface area contributed by atoms with Gasteiger partial charge in [-0.25, -0.2) is 13.2 Å². The maximum atomic E-state index is 12.0. The van der Waals surface area contributed by atoms with Gasteiger partial charge in [-0.3, -0.25) is 4.68 Å². The Labute approximate surface area is 154 Å². The van der Waals surface area contributed by atoms with Crippen molar-refractivity contribution in [3.8, 4) is 11.3 Å². The normalized spacial score (nSPS) is 16.2. The van der Waals surface area contributed by atoms with Gasteiger partial charge in [0.05, 0.1) is 23.7 Å². The number of carbonyl (C=O) groups is 1. The summed E-state index contributed by atoms with van der Waals surface area (Å²) in [7, 11) is -1.91. The number of ether oxygens (including phenoxy) is 1. The zero-order valence-corrected chi connectivity index (χ0v) is 16.0. The van der Waals surface area contributed by atoms with Gasteiger partial charge in [0.1, 0.15) is 0 Å². The van der Waals surface area contributed by atoms with Crippen molar-refractivity contribution in [1.82, 2.24) is 9.78 Å². The van der Waals surface area contributed by atoms with Crippen LogP contribution in [0.3, 0.4) is 0 Å². The minimum absolute atomic E-state index is 0.237. The lowest BCUT2D eigenvalue weighted by Crippen LogP contribution is -2.12. The summed E-state index contributed by atoms with van der Waals surface area (Å²) in [5.74, 6) is -0.466. The summed E-state index contributed by atoms with van der Waals surface area (Å²) in [5.41, 5.74) is 1.93. The van der Waals surface area contributed by atoms with E-state index in [9.17, 15) is 13.2 Å². The minimum Gasteiger partial charge on any atom is -0.464 e. The van der Waals surface area contributed by atoms with Gasteiger partial charge in [0.25, 0.3) is 0 Å². The molecule has 0 N–H and O–H groups in total. The molecule has 26 heavy (non-hydrogen) atoms. The molecule has 0 amide bonds. The summed E-state index contributed by atoms with van der Waals surface area (Å²) in [4.78, 5) is 12.2. The smallest absolute Gasteiger partial charge is 0.358 e. The second-order valence-corrected chi connectivity index (χ2v) is 8.81. The number of rotatable bonds is 4. The molecule has 0 aliphatic heterocycles. The molecule has 7 heteroatoms. The van der Waals surface area contributed by atoms with E-state index in [1.54, 1.807) is 30.3 Å². The topological polar surface area (TPSA) is 78.3 Å². The van der Waals surface area contributed by atoms with Crippen molar-refractivity contribution in [2.45, 2.75) is 49.5 Å². The van der Waals surface area contributed by atoms with E-state index in [4.69, 9.17) is 4.74 Å². The average Bonchev–Trinajstić information content (AvgIpc) is 2.89. The lowest BCUT2D eigenvalue weighted by molar-refractivity contribution is 0.0592. The van der Waals surface area contributed by atoms with Crippen molar-refractivity contribution in [2.75, 3.05) is 13.4 Å². The number of nitrogens with zero attached hydrogens (tertiary/aromatic N) is 2. The minimum atomic E-state index is -3.25. The van der Waals surface area contributed by atoms with E-state index in [1.165, 1.54) is 26.2 Å². The van der Waals surface area contributed by atoms with Gasteiger partial charge >= 0.3 is 5.97 Å². The lowest BCUT2D eigenvalue weighted by Gasteiger charge is -2.18. The summed E-state index contributed by atoms with van der Waals surface area (Å²) in [5, 5.41) is 4.52. The summed E-state index contributed by atoms with van der Waals surface area (Å²) in [6.45, 7) is 0. The monoisotopic (exact) mass is 376 g/mol. The number of hydrogen-bond acceptors (Lipinski definition) is 5. The predicted molar refractivity (Wildman–Crippen MR) is 98.9 cm³/mol. The molecule has 1 aromatic heterocycles. The Kier molecular flexibility index (Phi) is 5.46. The standard InChI is InChI=1S/C19H24N2O4S/c1-25-19(22)17-13-18(14-9-11-16(12-10-14)26(2,23)24)21(20-17)15-7-5-3-4-6-8-15/h9-13,15H,3-8H2,1-2H3. The van der Waals surface area contributed by atoms with Crippen molar-refractivity contribution in [3.63, 3.8) is 0 Å². The van der Waals surface area contributed by atoms with Crippen LogP contribution in [0.5, 0.6) is 0 Å². The molecule has 1 heterocycles. The summed E-state index contributed by atoms with van der Waals surface area (Å²) < 4.78 is 30.1. The molecule has 0 unspecified atom stereocenters. The van der Waals surface area contributed by atoms with E-state index < -0.39 is 15.8 Å². The Morgan fingerprint density at radius 2 is 1.73 bits per heavy atom. The lowest BCUT2D eigenvalue weighted by atomic mass is 10.1. The van der Waals surface area contributed by atoms with Crippen LogP contribution in [0, 0.1) is 0 Å². The third kappa shape index (κ3) is 3.98. The third-order valence-electron chi connectivity index (χ3n) is 4.88. The fourth-order valence-electron chi connectivity index (χ4n) is 3.47. The highest BCUT2D eigenvalue weighted by Gasteiger charge is 2.22. The Bertz CT molecular complexity index is 877. The van der Waals surface area contributed by atoms with Crippen LogP contribution in [-0.2, 0) is 14.6 Å². The Morgan fingerprint density at radius 1 is 1.12 bits per heavy atom. The second kappa shape index (κ2) is 7.61. The summed E-state index contributed by atoms with van der Waals surface area (Å²) in [6, 6.07) is 8.68. The Balaban J connectivity index is 2.03. The van der Waals surface area contributed by atoms with Crippen LogP contribution in [-0.4, -0.2) is 37.5 Å². The van der Waals surface area contributed by atoms with Crippen LogP contribution in [0.2, 0.25) is 0 Å². The first-order chi connectivity index (χ1) is 12.4. The highest BCUT2D eigenvalue weighted by atomic mass is 32.2. The zero-order valence-electron chi connectivity index (χ0n) is 15.1. The molecule has 6 nitrogen and oxygen atoms in total. The van der Waals surface area contributed by atoms with Crippen LogP contribution in [0.4, 0.5) is 0 Å². The summed E-state index contributed by atoms with van der Waals surface area (Å²) in [6.07, 6.45) is 7.97. The van der Waals surface area contributed by atoms with Crippen LogP contribution in [0.15, 0.2) is 35.2 Å². The molecule has 0 radical (unpaired) electrons. The molecular weight excluding hydrogens is 352 g/mol. The average molecular weight is 376 g/mol. The van der Waals surface area contributed by atoms with E-state index in [-0.39, 0.29) is 16.6 Å². The number of carbonyl (C=O) groups excluding carboxylic acids is 1. The van der Waals surface area contributed by atoms with Gasteiger partial charge < -0.3 is 4.74 Å². The molecule has 0 bridgehead atoms. The van der Waals surface area contributed by atoms with Gasteiger partial charge in [-0.1, -0.05) is 37.8 Å². The number of benzene rings is 1. The fraction of sp³-hybridized carbons (Fsp3) is 0.474. The van der Waals surface area contributed by atoms with E-state index in [1.807, 2.05) is 4.68 Å². The first kappa shape index (κ1) is 18.6. The first-order valence-corrected chi connectivity index (χ1v) is 10.8. The summed E-state index contributed by atoms with van der Waals surface area (Å²) >= 11 is 0. The Morgan fingerprint density at radius 3 is 2.27 bits per heavy atom. The number of sulfone groups is 1. The maximum absolute atomic E-state index is 12.0. The number of esters is 1. The first-order valence-electron chi connectivity index (χ1n) is 8.88. The third-order valence-corrected chi connectivity index (χ3v) is 6.01. The Hall–Kier alpha value is -2.15. The molecule has 1 aliphatic rings. The van der Waals surface area contributed by atoms with E-state index in [2.05, 4.69) is 5.10 Å². The van der Waals surface area contributed by atoms with Crippen LogP contribution in [0.25, 0.3) is 11.3 Å². The van der Waals surface area contributed by atoms with Gasteiger partial charge in [-0.15, -0.1) is 0 Å². The number of aromatic nitrogens is 2. The molecule has 0 atom stereocenters. The fourth-order valence-corrected chi connectivity index (χ4v) is 4.10. The highest BCUT2D eigenvalue weighted by Crippen LogP contribution is 2.32. The van der Waals surface area contributed by atoms with Crippen molar-refractivity contribution < 1.29 is 17.9 Å². The van der Waals surface area contributed by atoms with Crippen LogP contribution >= 0.6 is 0 Å². The molecule has 3 rings (SSSR count). The van der Waals surface area contributed by atoms with Crippen molar-refractivity contribution in [2.24, 2.45) is 0 Å². The number of methoxy groups -OCH3 is 1. The molecule has 0 spiro atoms. The number of hydrogen-bond donors (Lipinski definition) is 0. The van der Waals surface area contributed by atoms with Crippen molar-refractivity contribution in [3.05, 3.63) is 36.0 Å². The highest BCUT2D eigenvalue weighted by molar-refractivity contribution is 7.90. The van der Waals surface area contributed by atoms with Gasteiger partial charge in [0.2, 0.25) is 0 Å². The molecule has 2 aromatic rings. The van der Waals surface area contributed by atoms with Crippen LogP contribution < -0.4 is 0 Å². The molecule has 1 fully saturated rings. The van der Waals surface area contributed by atoms with Crippen LogP contribution in [0.1, 0.15) is 55.1 Å². The van der Waals surface area contributed by atoms with E-state index in [0.29, 0.717) is 0 Å². The maximum Gasteiger partial charge on any atom is 0.358 e.